The van der Waals surface area contributed by atoms with Gasteiger partial charge in [0.2, 0.25) is 0 Å². The van der Waals surface area contributed by atoms with Crippen molar-refractivity contribution in [3.8, 4) is 5.75 Å². The summed E-state index contributed by atoms with van der Waals surface area (Å²) in [4.78, 5) is 6.59. The summed E-state index contributed by atoms with van der Waals surface area (Å²) in [6, 6.07) is 5.76. The minimum Gasteiger partial charge on any atom is -0.497 e. The standard InChI is InChI=1S/C12H14N2O3S2/c1-17-9-2-3-10-11(8-9)18-12(13-10)14-4-6-19(15,16)7-5-14/h2-3,8H,4-7H2,1H3. The van der Waals surface area contributed by atoms with Crippen LogP contribution < -0.4 is 9.64 Å². The van der Waals surface area contributed by atoms with Crippen molar-refractivity contribution >= 4 is 36.5 Å². The van der Waals surface area contributed by atoms with Gasteiger partial charge in [0.25, 0.3) is 0 Å². The van der Waals surface area contributed by atoms with E-state index in [0.29, 0.717) is 13.1 Å². The van der Waals surface area contributed by atoms with E-state index in [1.54, 1.807) is 18.4 Å². The number of hydrogen-bond donors (Lipinski definition) is 0. The first-order chi connectivity index (χ1) is 9.07. The van der Waals surface area contributed by atoms with Crippen LogP contribution >= 0.6 is 11.3 Å². The molecule has 7 heteroatoms. The molecular formula is C12H14N2O3S2. The van der Waals surface area contributed by atoms with Gasteiger partial charge in [-0.2, -0.15) is 0 Å². The Morgan fingerprint density at radius 1 is 1.32 bits per heavy atom. The second-order valence-electron chi connectivity index (χ2n) is 4.47. The number of fused-ring (bicyclic) bond motifs is 1. The number of ether oxygens (including phenoxy) is 1. The molecule has 1 aromatic heterocycles. The number of hydrogen-bond acceptors (Lipinski definition) is 6. The van der Waals surface area contributed by atoms with Gasteiger partial charge in [-0.05, 0) is 18.2 Å². The lowest BCUT2D eigenvalue weighted by atomic mass is 10.3. The third-order valence-electron chi connectivity index (χ3n) is 3.20. The Morgan fingerprint density at radius 3 is 2.74 bits per heavy atom. The second kappa shape index (κ2) is 4.64. The van der Waals surface area contributed by atoms with Gasteiger partial charge >= 0.3 is 0 Å². The molecule has 1 fully saturated rings. The Hall–Kier alpha value is -1.34. The van der Waals surface area contributed by atoms with Crippen LogP contribution in [0.3, 0.4) is 0 Å². The topological polar surface area (TPSA) is 59.5 Å². The van der Waals surface area contributed by atoms with Crippen molar-refractivity contribution in [2.75, 3.05) is 36.6 Å². The number of methoxy groups -OCH3 is 1. The van der Waals surface area contributed by atoms with Gasteiger partial charge in [0.05, 0.1) is 28.8 Å². The molecule has 0 bridgehead atoms. The maximum atomic E-state index is 11.4. The Morgan fingerprint density at radius 2 is 2.05 bits per heavy atom. The monoisotopic (exact) mass is 298 g/mol. The van der Waals surface area contributed by atoms with E-state index in [0.717, 1.165) is 21.1 Å². The van der Waals surface area contributed by atoms with E-state index >= 15 is 0 Å². The van der Waals surface area contributed by atoms with E-state index in [9.17, 15) is 8.42 Å². The van der Waals surface area contributed by atoms with Crippen molar-refractivity contribution in [2.24, 2.45) is 0 Å². The van der Waals surface area contributed by atoms with E-state index in [1.165, 1.54) is 0 Å². The van der Waals surface area contributed by atoms with Crippen LogP contribution in [0.4, 0.5) is 5.13 Å². The molecule has 0 unspecified atom stereocenters. The molecule has 2 heterocycles. The maximum Gasteiger partial charge on any atom is 0.186 e. The highest BCUT2D eigenvalue weighted by Gasteiger charge is 2.23. The van der Waals surface area contributed by atoms with Crippen LogP contribution in [-0.2, 0) is 9.84 Å². The van der Waals surface area contributed by atoms with E-state index in [-0.39, 0.29) is 11.5 Å². The molecule has 0 N–H and O–H groups in total. The molecule has 1 saturated heterocycles. The van der Waals surface area contributed by atoms with Gasteiger partial charge < -0.3 is 9.64 Å². The number of rotatable bonds is 2. The van der Waals surface area contributed by atoms with Crippen LogP contribution in [-0.4, -0.2) is 45.1 Å². The quantitative estimate of drug-likeness (QED) is 0.841. The zero-order chi connectivity index (χ0) is 13.5. The lowest BCUT2D eigenvalue weighted by Gasteiger charge is -2.25. The predicted octanol–water partition coefficient (Wildman–Crippen LogP) is 1.54. The molecule has 0 radical (unpaired) electrons. The van der Waals surface area contributed by atoms with E-state index in [4.69, 9.17) is 4.74 Å². The Labute approximate surface area is 115 Å². The average Bonchev–Trinajstić information content (AvgIpc) is 2.81. The molecule has 1 aliphatic rings. The smallest absolute Gasteiger partial charge is 0.186 e. The molecule has 1 aliphatic heterocycles. The molecule has 0 atom stereocenters. The Balaban J connectivity index is 1.89. The summed E-state index contributed by atoms with van der Waals surface area (Å²) < 4.78 is 29.1. The van der Waals surface area contributed by atoms with E-state index in [1.807, 2.05) is 23.1 Å². The third kappa shape index (κ3) is 2.52. The van der Waals surface area contributed by atoms with Gasteiger partial charge in [-0.15, -0.1) is 0 Å². The van der Waals surface area contributed by atoms with Crippen LogP contribution in [0.1, 0.15) is 0 Å². The summed E-state index contributed by atoms with van der Waals surface area (Å²) in [7, 11) is -1.21. The predicted molar refractivity (Wildman–Crippen MR) is 77.0 cm³/mol. The molecule has 19 heavy (non-hydrogen) atoms. The maximum absolute atomic E-state index is 11.4. The molecule has 102 valence electrons. The minimum absolute atomic E-state index is 0.215. The molecular weight excluding hydrogens is 284 g/mol. The van der Waals surface area contributed by atoms with Crippen molar-refractivity contribution in [1.82, 2.24) is 4.98 Å². The number of thiazole rings is 1. The second-order valence-corrected chi connectivity index (χ2v) is 7.78. The number of aromatic nitrogens is 1. The summed E-state index contributed by atoms with van der Waals surface area (Å²) in [5.74, 6) is 1.24. The fourth-order valence-electron chi connectivity index (χ4n) is 2.06. The van der Waals surface area contributed by atoms with Gasteiger partial charge in [0.1, 0.15) is 5.75 Å². The van der Waals surface area contributed by atoms with Crippen molar-refractivity contribution in [3.05, 3.63) is 18.2 Å². The van der Waals surface area contributed by atoms with Crippen LogP contribution in [0.25, 0.3) is 10.2 Å². The third-order valence-corrected chi connectivity index (χ3v) is 5.89. The van der Waals surface area contributed by atoms with Crippen molar-refractivity contribution in [3.63, 3.8) is 0 Å². The van der Waals surface area contributed by atoms with Crippen molar-refractivity contribution < 1.29 is 13.2 Å². The van der Waals surface area contributed by atoms with Gasteiger partial charge in [-0.25, -0.2) is 13.4 Å². The summed E-state index contributed by atoms with van der Waals surface area (Å²) in [6.07, 6.45) is 0. The summed E-state index contributed by atoms with van der Waals surface area (Å²) in [5, 5.41) is 0.887. The molecule has 0 amide bonds. The summed E-state index contributed by atoms with van der Waals surface area (Å²) in [5.41, 5.74) is 0.925. The minimum atomic E-state index is -2.85. The average molecular weight is 298 g/mol. The first-order valence-corrected chi connectivity index (χ1v) is 8.61. The molecule has 0 aliphatic carbocycles. The van der Waals surface area contributed by atoms with Gasteiger partial charge in [-0.3, -0.25) is 0 Å². The first kappa shape index (κ1) is 12.7. The van der Waals surface area contributed by atoms with Crippen molar-refractivity contribution in [2.45, 2.75) is 0 Å². The molecule has 0 spiro atoms. The number of benzene rings is 1. The summed E-state index contributed by atoms with van der Waals surface area (Å²) in [6.45, 7) is 1.05. The first-order valence-electron chi connectivity index (χ1n) is 5.97. The highest BCUT2D eigenvalue weighted by Crippen LogP contribution is 2.31. The lowest BCUT2D eigenvalue weighted by Crippen LogP contribution is -2.40. The van der Waals surface area contributed by atoms with Crippen molar-refractivity contribution in [1.29, 1.82) is 0 Å². The SMILES string of the molecule is COc1ccc2nc(N3CCS(=O)(=O)CC3)sc2c1. The van der Waals surface area contributed by atoms with Crippen LogP contribution in [0.5, 0.6) is 5.75 Å². The molecule has 5 nitrogen and oxygen atoms in total. The lowest BCUT2D eigenvalue weighted by molar-refractivity contribution is 0.415. The van der Waals surface area contributed by atoms with Gasteiger partial charge in [-0.1, -0.05) is 11.3 Å². The fraction of sp³-hybridized carbons (Fsp3) is 0.417. The van der Waals surface area contributed by atoms with E-state index < -0.39 is 9.84 Å². The van der Waals surface area contributed by atoms with Crippen LogP contribution in [0.2, 0.25) is 0 Å². The molecule has 2 aromatic rings. The number of nitrogens with zero attached hydrogens (tertiary/aromatic N) is 2. The Bertz CT molecular complexity index is 695. The highest BCUT2D eigenvalue weighted by atomic mass is 32.2. The number of sulfone groups is 1. The number of anilines is 1. The zero-order valence-corrected chi connectivity index (χ0v) is 12.1. The van der Waals surface area contributed by atoms with Gasteiger partial charge in [0.15, 0.2) is 15.0 Å². The normalized spacial score (nSPS) is 18.7. The van der Waals surface area contributed by atoms with Crippen LogP contribution in [0, 0.1) is 0 Å². The van der Waals surface area contributed by atoms with Crippen LogP contribution in [0.15, 0.2) is 18.2 Å². The van der Waals surface area contributed by atoms with E-state index in [2.05, 4.69) is 4.98 Å². The highest BCUT2D eigenvalue weighted by molar-refractivity contribution is 7.91. The van der Waals surface area contributed by atoms with Gasteiger partial charge in [0, 0.05) is 13.1 Å². The molecule has 0 saturated carbocycles. The fourth-order valence-corrected chi connectivity index (χ4v) is 4.31. The molecule has 3 rings (SSSR count). The summed E-state index contributed by atoms with van der Waals surface area (Å²) >= 11 is 1.57. The zero-order valence-electron chi connectivity index (χ0n) is 10.5. The molecule has 1 aromatic carbocycles. The largest absolute Gasteiger partial charge is 0.497 e. The Kier molecular flexibility index (Phi) is 3.10.